The van der Waals surface area contributed by atoms with E-state index in [1.165, 1.54) is 23.9 Å². The molecule has 1 saturated heterocycles. The molecule has 7 heteroatoms. The molecule has 0 radical (unpaired) electrons. The van der Waals surface area contributed by atoms with Crippen LogP contribution >= 0.6 is 11.8 Å². The van der Waals surface area contributed by atoms with E-state index in [0.717, 1.165) is 16.8 Å². The van der Waals surface area contributed by atoms with Crippen molar-refractivity contribution in [2.75, 3.05) is 5.32 Å². The molecule has 1 fully saturated rings. The summed E-state index contributed by atoms with van der Waals surface area (Å²) in [6.07, 6.45) is -0.0589. The second kappa shape index (κ2) is 7.70. The lowest BCUT2D eigenvalue weighted by atomic mass is 10.1. The number of hydrogen-bond acceptors (Lipinski definition) is 4. The lowest BCUT2D eigenvalue weighted by Crippen LogP contribution is -2.28. The number of rotatable bonds is 4. The van der Waals surface area contributed by atoms with Gasteiger partial charge in [0.25, 0.3) is 0 Å². The zero-order valence-electron chi connectivity index (χ0n) is 14.4. The first kappa shape index (κ1) is 18.1. The Hall–Kier alpha value is -2.67. The number of anilines is 1. The van der Waals surface area contributed by atoms with Gasteiger partial charge in [-0.1, -0.05) is 36.0 Å². The van der Waals surface area contributed by atoms with Crippen molar-refractivity contribution < 1.29 is 14.0 Å². The van der Waals surface area contributed by atoms with Gasteiger partial charge in [0.2, 0.25) is 11.8 Å². The van der Waals surface area contributed by atoms with Crippen LogP contribution in [0.1, 0.15) is 17.5 Å². The minimum Gasteiger partial charge on any atom is -0.324 e. The van der Waals surface area contributed by atoms with Crippen LogP contribution < -0.4 is 10.6 Å². The average molecular weight is 371 g/mol. The van der Waals surface area contributed by atoms with E-state index in [4.69, 9.17) is 0 Å². The molecule has 3 rings (SSSR count). The number of aryl methyl sites for hydroxylation is 2. The third kappa shape index (κ3) is 4.29. The van der Waals surface area contributed by atoms with Gasteiger partial charge in [0.05, 0.1) is 11.4 Å². The van der Waals surface area contributed by atoms with Crippen LogP contribution in [-0.2, 0) is 9.59 Å². The fraction of sp³-hybridized carbons (Fsp3) is 0.211. The van der Waals surface area contributed by atoms with Crippen LogP contribution in [0, 0.1) is 19.7 Å². The number of nitrogens with one attached hydrogen (secondary N) is 2. The zero-order chi connectivity index (χ0) is 18.7. The van der Waals surface area contributed by atoms with Crippen molar-refractivity contribution in [1.29, 1.82) is 0 Å². The number of amides is 2. The van der Waals surface area contributed by atoms with Crippen molar-refractivity contribution in [2.45, 2.75) is 25.5 Å². The Balaban J connectivity index is 1.66. The van der Waals surface area contributed by atoms with Crippen LogP contribution in [0.5, 0.6) is 0 Å². The summed E-state index contributed by atoms with van der Waals surface area (Å²) in [6, 6.07) is 11.8. The van der Waals surface area contributed by atoms with Crippen molar-refractivity contribution in [1.82, 2.24) is 5.32 Å². The number of thioether (sulfide) groups is 1. The Morgan fingerprint density at radius 3 is 2.81 bits per heavy atom. The summed E-state index contributed by atoms with van der Waals surface area (Å²) in [6.45, 7) is 3.92. The standard InChI is InChI=1S/C19H18FN3O2S/c1-11-7-8-12(2)15(9-11)22-19-23-18(25)16(26-19)10-17(24)21-14-6-4-3-5-13(14)20/h3-9,16H,10H2,1-2H3,(H,21,24)(H,22,23,25)/t16-/m1/s1. The van der Waals surface area contributed by atoms with Gasteiger partial charge in [0.15, 0.2) is 5.17 Å². The molecule has 1 heterocycles. The fourth-order valence-corrected chi connectivity index (χ4v) is 3.45. The van der Waals surface area contributed by atoms with Gasteiger partial charge in [-0.15, -0.1) is 0 Å². The smallest absolute Gasteiger partial charge is 0.240 e. The molecule has 134 valence electrons. The maximum atomic E-state index is 13.6. The number of halogens is 1. The summed E-state index contributed by atoms with van der Waals surface area (Å²) < 4.78 is 13.6. The summed E-state index contributed by atoms with van der Waals surface area (Å²) in [7, 11) is 0. The molecule has 0 bridgehead atoms. The summed E-state index contributed by atoms with van der Waals surface area (Å²) in [5.41, 5.74) is 2.96. The highest BCUT2D eigenvalue weighted by atomic mass is 32.2. The average Bonchev–Trinajstić information content (AvgIpc) is 2.92. The predicted octanol–water partition coefficient (Wildman–Crippen LogP) is 3.69. The maximum absolute atomic E-state index is 13.6. The molecule has 26 heavy (non-hydrogen) atoms. The third-order valence-electron chi connectivity index (χ3n) is 3.88. The normalized spacial score (nSPS) is 18.0. The van der Waals surface area contributed by atoms with E-state index < -0.39 is 17.0 Å². The van der Waals surface area contributed by atoms with E-state index in [-0.39, 0.29) is 18.0 Å². The van der Waals surface area contributed by atoms with E-state index >= 15 is 0 Å². The molecule has 0 unspecified atom stereocenters. The molecule has 0 saturated carbocycles. The Labute approximate surface area is 155 Å². The highest BCUT2D eigenvalue weighted by molar-refractivity contribution is 8.15. The van der Waals surface area contributed by atoms with Crippen LogP contribution in [0.15, 0.2) is 47.5 Å². The second-order valence-electron chi connectivity index (χ2n) is 6.03. The number of carbonyl (C=O) groups is 2. The topological polar surface area (TPSA) is 70.6 Å². The number of amidine groups is 1. The first-order valence-electron chi connectivity index (χ1n) is 8.10. The Kier molecular flexibility index (Phi) is 5.37. The third-order valence-corrected chi connectivity index (χ3v) is 4.96. The zero-order valence-corrected chi connectivity index (χ0v) is 15.2. The molecule has 2 aromatic carbocycles. The predicted molar refractivity (Wildman–Crippen MR) is 102 cm³/mol. The van der Waals surface area contributed by atoms with Crippen molar-refractivity contribution in [3.05, 3.63) is 59.4 Å². The minimum atomic E-state index is -0.592. The van der Waals surface area contributed by atoms with Crippen molar-refractivity contribution in [2.24, 2.45) is 4.99 Å². The molecule has 2 aromatic rings. The van der Waals surface area contributed by atoms with Crippen LogP contribution in [0.25, 0.3) is 0 Å². The number of aliphatic imine (C=N–C) groups is 1. The number of nitrogens with zero attached hydrogens (tertiary/aromatic N) is 1. The monoisotopic (exact) mass is 371 g/mol. The molecule has 2 amide bonds. The molecule has 2 N–H and O–H groups in total. The van der Waals surface area contributed by atoms with Crippen molar-refractivity contribution in [3.8, 4) is 0 Å². The molecule has 0 aliphatic carbocycles. The Morgan fingerprint density at radius 1 is 1.27 bits per heavy atom. The van der Waals surface area contributed by atoms with Crippen LogP contribution in [-0.4, -0.2) is 22.2 Å². The van der Waals surface area contributed by atoms with E-state index in [1.54, 1.807) is 12.1 Å². The minimum absolute atomic E-state index is 0.0589. The van der Waals surface area contributed by atoms with E-state index in [1.807, 2.05) is 32.0 Å². The molecule has 1 aliphatic heterocycles. The van der Waals surface area contributed by atoms with Crippen molar-refractivity contribution in [3.63, 3.8) is 0 Å². The number of carbonyl (C=O) groups excluding carboxylic acids is 2. The van der Waals surface area contributed by atoms with E-state index in [2.05, 4.69) is 15.6 Å². The first-order chi connectivity index (χ1) is 12.4. The first-order valence-corrected chi connectivity index (χ1v) is 8.98. The SMILES string of the molecule is Cc1ccc(C)c(N=C2NC(=O)[C@@H](CC(=O)Nc3ccccc3F)S2)c1. The van der Waals surface area contributed by atoms with Gasteiger partial charge in [-0.25, -0.2) is 9.38 Å². The Bertz CT molecular complexity index is 898. The van der Waals surface area contributed by atoms with E-state index in [0.29, 0.717) is 5.17 Å². The fourth-order valence-electron chi connectivity index (χ4n) is 2.47. The molecule has 0 spiro atoms. The van der Waals surface area contributed by atoms with Crippen LogP contribution in [0.3, 0.4) is 0 Å². The van der Waals surface area contributed by atoms with E-state index in [9.17, 15) is 14.0 Å². The molecular weight excluding hydrogens is 353 g/mol. The number of benzene rings is 2. The van der Waals surface area contributed by atoms with Gasteiger partial charge >= 0.3 is 0 Å². The van der Waals surface area contributed by atoms with Gasteiger partial charge in [0.1, 0.15) is 11.1 Å². The lowest BCUT2D eigenvalue weighted by molar-refractivity contribution is -0.122. The molecule has 5 nitrogen and oxygen atoms in total. The lowest BCUT2D eigenvalue weighted by Gasteiger charge is -2.08. The highest BCUT2D eigenvalue weighted by Gasteiger charge is 2.32. The number of para-hydroxylation sites is 1. The van der Waals surface area contributed by atoms with Gasteiger partial charge in [-0.3, -0.25) is 9.59 Å². The second-order valence-corrected chi connectivity index (χ2v) is 7.23. The summed E-state index contributed by atoms with van der Waals surface area (Å²) in [4.78, 5) is 28.7. The van der Waals surface area contributed by atoms with Gasteiger partial charge in [-0.2, -0.15) is 0 Å². The van der Waals surface area contributed by atoms with Crippen LogP contribution in [0.2, 0.25) is 0 Å². The molecule has 0 aromatic heterocycles. The molecule has 1 aliphatic rings. The summed E-state index contributed by atoms with van der Waals surface area (Å²) >= 11 is 1.21. The molecular formula is C19H18FN3O2S. The van der Waals surface area contributed by atoms with Crippen LogP contribution in [0.4, 0.5) is 15.8 Å². The summed E-state index contributed by atoms with van der Waals surface area (Å²) in [5, 5.41) is 5.06. The largest absolute Gasteiger partial charge is 0.324 e. The van der Waals surface area contributed by atoms with Gasteiger partial charge < -0.3 is 10.6 Å². The summed E-state index contributed by atoms with van der Waals surface area (Å²) in [5.74, 6) is -1.21. The molecule has 1 atom stereocenters. The maximum Gasteiger partial charge on any atom is 0.240 e. The quantitative estimate of drug-likeness (QED) is 0.861. The van der Waals surface area contributed by atoms with Crippen molar-refractivity contribution >= 4 is 40.1 Å². The van der Waals surface area contributed by atoms with Gasteiger partial charge in [-0.05, 0) is 43.2 Å². The number of hydrogen-bond donors (Lipinski definition) is 2. The highest BCUT2D eigenvalue weighted by Crippen LogP contribution is 2.27. The Morgan fingerprint density at radius 2 is 2.04 bits per heavy atom. The van der Waals surface area contributed by atoms with Gasteiger partial charge in [0, 0.05) is 6.42 Å².